The monoisotopic (exact) mass is 470 g/mol. The van der Waals surface area contributed by atoms with Gasteiger partial charge >= 0.3 is 6.01 Å². The van der Waals surface area contributed by atoms with Crippen molar-refractivity contribution in [3.8, 4) is 11.8 Å². The molecule has 5 aromatic rings. The summed E-state index contributed by atoms with van der Waals surface area (Å²) in [6.45, 7) is 1.76. The van der Waals surface area contributed by atoms with E-state index in [2.05, 4.69) is 35.5 Å². The van der Waals surface area contributed by atoms with Gasteiger partial charge in [-0.3, -0.25) is 9.97 Å². The molecule has 0 bridgehead atoms. The van der Waals surface area contributed by atoms with Crippen LogP contribution in [0.4, 0.5) is 15.9 Å². The highest BCUT2D eigenvalue weighted by atomic mass is 19.1. The summed E-state index contributed by atoms with van der Waals surface area (Å²) in [5.41, 5.74) is 3.55. The molecule has 7 rings (SSSR count). The first-order valence-electron chi connectivity index (χ1n) is 11.6. The number of ether oxygens (including phenoxy) is 1. The normalized spacial score (nSPS) is 21.1. The van der Waals surface area contributed by atoms with Crippen LogP contribution in [0.1, 0.15) is 0 Å². The minimum atomic E-state index is -0.316. The molecule has 1 aliphatic heterocycles. The lowest BCUT2D eigenvalue weighted by Crippen LogP contribution is -2.30. The molecule has 4 aromatic heterocycles. The maximum Gasteiger partial charge on any atom is 0.326 e. The number of nitrogens with one attached hydrogen (secondary N) is 3. The molecule has 3 N–H and O–H groups in total. The Kier molecular flexibility index (Phi) is 4.34. The predicted octanol–water partition coefficient (Wildman–Crippen LogP) is 3.68. The van der Waals surface area contributed by atoms with Gasteiger partial charge in [0.2, 0.25) is 0 Å². The molecule has 1 aliphatic carbocycles. The molecular weight excluding hydrogens is 447 g/mol. The van der Waals surface area contributed by atoms with Gasteiger partial charge in [-0.1, -0.05) is 0 Å². The van der Waals surface area contributed by atoms with Crippen molar-refractivity contribution in [1.29, 1.82) is 0 Å². The second-order valence-electron chi connectivity index (χ2n) is 9.17. The molecule has 3 atom stereocenters. The van der Waals surface area contributed by atoms with Crippen LogP contribution in [0.5, 0.6) is 11.8 Å². The summed E-state index contributed by atoms with van der Waals surface area (Å²) in [6.07, 6.45) is 3.36. The van der Waals surface area contributed by atoms with E-state index in [0.717, 1.165) is 46.2 Å². The van der Waals surface area contributed by atoms with Crippen LogP contribution in [0.15, 0.2) is 42.7 Å². The maximum absolute atomic E-state index is 14.5. The number of H-pyrrole nitrogens is 1. The second-order valence-corrected chi connectivity index (χ2v) is 9.17. The summed E-state index contributed by atoms with van der Waals surface area (Å²) in [5.74, 6) is 2.10. The third-order valence-electron chi connectivity index (χ3n) is 7.22. The molecule has 1 unspecified atom stereocenters. The van der Waals surface area contributed by atoms with Gasteiger partial charge in [-0.05, 0) is 43.1 Å². The first kappa shape index (κ1) is 20.3. The van der Waals surface area contributed by atoms with Crippen LogP contribution < -0.4 is 20.3 Å². The van der Waals surface area contributed by atoms with Gasteiger partial charge in [-0.25, -0.2) is 4.39 Å². The number of aromatic amines is 1. The topological polar surface area (TPSA) is 104 Å². The lowest BCUT2D eigenvalue weighted by molar-refractivity contribution is 0.442. The van der Waals surface area contributed by atoms with Crippen molar-refractivity contribution >= 4 is 44.5 Å². The summed E-state index contributed by atoms with van der Waals surface area (Å²) in [5, 5.41) is 8.01. The second kappa shape index (κ2) is 7.47. The fourth-order valence-corrected chi connectivity index (χ4v) is 5.52. The molecule has 176 valence electrons. The number of anilines is 2. The molecule has 1 saturated carbocycles. The van der Waals surface area contributed by atoms with Crippen molar-refractivity contribution in [1.82, 2.24) is 30.2 Å². The molecule has 2 aliphatic rings. The molecule has 10 heteroatoms. The fourth-order valence-electron chi connectivity index (χ4n) is 5.52. The number of halogens is 1. The number of piperidine rings is 1. The molecule has 9 nitrogen and oxygen atoms in total. The van der Waals surface area contributed by atoms with E-state index in [1.54, 1.807) is 19.4 Å². The van der Waals surface area contributed by atoms with Gasteiger partial charge < -0.3 is 25.3 Å². The van der Waals surface area contributed by atoms with Crippen molar-refractivity contribution in [2.75, 3.05) is 37.4 Å². The number of fused-ring (bicyclic) bond motifs is 5. The van der Waals surface area contributed by atoms with E-state index >= 15 is 0 Å². The summed E-state index contributed by atoms with van der Waals surface area (Å²) in [6, 6.07) is 9.31. The number of aromatic nitrogens is 5. The van der Waals surface area contributed by atoms with E-state index in [4.69, 9.17) is 9.72 Å². The van der Waals surface area contributed by atoms with E-state index < -0.39 is 0 Å². The van der Waals surface area contributed by atoms with Gasteiger partial charge in [0.25, 0.3) is 0 Å². The van der Waals surface area contributed by atoms with Crippen LogP contribution in [0, 0.1) is 17.7 Å². The Morgan fingerprint density at radius 2 is 1.94 bits per heavy atom. The lowest BCUT2D eigenvalue weighted by Gasteiger charge is -2.22. The smallest absolute Gasteiger partial charge is 0.326 e. The highest BCUT2D eigenvalue weighted by molar-refractivity contribution is 6.14. The molecule has 1 saturated heterocycles. The molecule has 0 spiro atoms. The Balaban J connectivity index is 1.37. The minimum Gasteiger partial charge on any atom is -0.422 e. The molecule has 0 radical (unpaired) electrons. The van der Waals surface area contributed by atoms with E-state index in [9.17, 15) is 4.39 Å². The maximum atomic E-state index is 14.5. The average Bonchev–Trinajstić information content (AvgIpc) is 3.16. The van der Waals surface area contributed by atoms with Crippen LogP contribution in [-0.2, 0) is 0 Å². The molecule has 0 amide bonds. The van der Waals surface area contributed by atoms with Gasteiger partial charge in [-0.2, -0.15) is 9.97 Å². The summed E-state index contributed by atoms with van der Waals surface area (Å²) >= 11 is 0. The van der Waals surface area contributed by atoms with Crippen LogP contribution in [-0.4, -0.2) is 58.1 Å². The Morgan fingerprint density at radius 1 is 1.09 bits per heavy atom. The summed E-state index contributed by atoms with van der Waals surface area (Å²) < 4.78 is 20.6. The fraction of sp³-hybridized carbons (Fsp3) is 0.280. The SMILES string of the molecule is CNc1cc(F)cc2c1[nH]c1nc(Oc3cnc4cccnc4c3)nc(N3C[C@@H]4C(NC)[C@@H]4C3)c12. The molecule has 2 fully saturated rings. The Labute approximate surface area is 199 Å². The van der Waals surface area contributed by atoms with Gasteiger partial charge in [0.05, 0.1) is 33.8 Å². The summed E-state index contributed by atoms with van der Waals surface area (Å²) in [7, 11) is 3.78. The van der Waals surface area contributed by atoms with Crippen molar-refractivity contribution in [2.24, 2.45) is 11.8 Å². The Hall–Kier alpha value is -4.05. The quantitative estimate of drug-likeness (QED) is 0.357. The molecule has 1 aromatic carbocycles. The zero-order valence-corrected chi connectivity index (χ0v) is 19.2. The largest absolute Gasteiger partial charge is 0.422 e. The Morgan fingerprint density at radius 3 is 2.74 bits per heavy atom. The number of benzene rings is 1. The number of hydrogen-bond acceptors (Lipinski definition) is 8. The standard InChI is InChI=1S/C25H23FN8O/c1-27-19-7-12(26)6-14-20-23(31-22(14)19)32-25(33-24(20)34-10-15-16(11-34)21(15)28-2)35-13-8-18-17(30-9-13)4-3-5-29-18/h3-9,15-16,21,27-28H,10-11H2,1-2H3,(H,31,32,33)/t15-,16+,21?. The van der Waals surface area contributed by atoms with Gasteiger partial charge in [0.15, 0.2) is 5.75 Å². The van der Waals surface area contributed by atoms with Crippen LogP contribution >= 0.6 is 0 Å². The van der Waals surface area contributed by atoms with Gasteiger partial charge in [-0.15, -0.1) is 0 Å². The van der Waals surface area contributed by atoms with Crippen molar-refractivity contribution < 1.29 is 9.13 Å². The number of rotatable bonds is 5. The van der Waals surface area contributed by atoms with Gasteiger partial charge in [0, 0.05) is 43.8 Å². The van der Waals surface area contributed by atoms with Crippen LogP contribution in [0.2, 0.25) is 0 Å². The lowest BCUT2D eigenvalue weighted by atomic mass is 10.1. The highest BCUT2D eigenvalue weighted by Crippen LogP contribution is 2.48. The predicted molar refractivity (Wildman–Crippen MR) is 133 cm³/mol. The van der Waals surface area contributed by atoms with E-state index in [0.29, 0.717) is 35.0 Å². The minimum absolute atomic E-state index is 0.202. The average molecular weight is 471 g/mol. The van der Waals surface area contributed by atoms with E-state index in [1.807, 2.05) is 25.2 Å². The third-order valence-corrected chi connectivity index (χ3v) is 7.22. The van der Waals surface area contributed by atoms with Crippen LogP contribution in [0.3, 0.4) is 0 Å². The number of pyridine rings is 2. The number of hydrogen-bond donors (Lipinski definition) is 3. The van der Waals surface area contributed by atoms with E-state index in [-0.39, 0.29) is 11.8 Å². The Bertz CT molecular complexity index is 1610. The first-order chi connectivity index (χ1) is 17.1. The van der Waals surface area contributed by atoms with Crippen molar-refractivity contribution in [2.45, 2.75) is 6.04 Å². The van der Waals surface area contributed by atoms with Gasteiger partial charge in [0.1, 0.15) is 17.3 Å². The number of nitrogens with zero attached hydrogens (tertiary/aromatic N) is 5. The van der Waals surface area contributed by atoms with E-state index in [1.165, 1.54) is 12.1 Å². The molecule has 35 heavy (non-hydrogen) atoms. The zero-order chi connectivity index (χ0) is 23.7. The third kappa shape index (κ3) is 3.17. The molecular formula is C25H23FN8O. The van der Waals surface area contributed by atoms with Crippen molar-refractivity contribution in [3.05, 3.63) is 48.5 Å². The highest BCUT2D eigenvalue weighted by Gasteiger charge is 2.55. The van der Waals surface area contributed by atoms with Crippen LogP contribution in [0.25, 0.3) is 33.0 Å². The molecule has 5 heterocycles. The van der Waals surface area contributed by atoms with Crippen molar-refractivity contribution in [3.63, 3.8) is 0 Å². The first-order valence-corrected chi connectivity index (χ1v) is 11.6. The summed E-state index contributed by atoms with van der Waals surface area (Å²) in [4.78, 5) is 23.9. The zero-order valence-electron chi connectivity index (χ0n) is 19.2.